The molecular formula is C14H20N2O5. The highest BCUT2D eigenvalue weighted by atomic mass is 16.3. The number of aliphatic hydroxyl groups is 3. The van der Waals surface area contributed by atoms with Crippen molar-refractivity contribution in [3.8, 4) is 0 Å². The van der Waals surface area contributed by atoms with Gasteiger partial charge in [-0.3, -0.25) is 14.3 Å². The van der Waals surface area contributed by atoms with E-state index in [4.69, 9.17) is 0 Å². The molecule has 2 aliphatic carbocycles. The van der Waals surface area contributed by atoms with Crippen LogP contribution >= 0.6 is 0 Å². The van der Waals surface area contributed by atoms with Crippen LogP contribution in [0.15, 0.2) is 15.8 Å². The lowest BCUT2D eigenvalue weighted by molar-refractivity contribution is -0.0695. The Bertz CT molecular complexity index is 666. The van der Waals surface area contributed by atoms with Crippen LogP contribution < -0.4 is 11.2 Å². The minimum Gasteiger partial charge on any atom is -0.392 e. The highest BCUT2D eigenvalue weighted by Crippen LogP contribution is 2.54. The molecule has 1 aromatic heterocycles. The molecule has 1 aromatic rings. The normalized spacial score (nSPS) is 39.2. The van der Waals surface area contributed by atoms with E-state index in [1.807, 2.05) is 0 Å². The zero-order valence-corrected chi connectivity index (χ0v) is 11.8. The number of aliphatic hydroxyl groups excluding tert-OH is 3. The summed E-state index contributed by atoms with van der Waals surface area (Å²) in [7, 11) is 0. The lowest BCUT2D eigenvalue weighted by Crippen LogP contribution is -2.42. The van der Waals surface area contributed by atoms with Crippen molar-refractivity contribution in [1.29, 1.82) is 0 Å². The van der Waals surface area contributed by atoms with Gasteiger partial charge >= 0.3 is 5.69 Å². The van der Waals surface area contributed by atoms with Crippen LogP contribution in [0.2, 0.25) is 0 Å². The van der Waals surface area contributed by atoms with Gasteiger partial charge in [0.15, 0.2) is 0 Å². The first-order valence-electron chi connectivity index (χ1n) is 7.23. The zero-order valence-electron chi connectivity index (χ0n) is 11.8. The van der Waals surface area contributed by atoms with Gasteiger partial charge in [-0.1, -0.05) is 6.42 Å². The van der Waals surface area contributed by atoms with Crippen molar-refractivity contribution in [3.63, 3.8) is 0 Å². The molecule has 0 bridgehead atoms. The summed E-state index contributed by atoms with van der Waals surface area (Å²) in [5, 5.41) is 30.9. The first-order valence-corrected chi connectivity index (χ1v) is 7.23. The van der Waals surface area contributed by atoms with Gasteiger partial charge in [0.25, 0.3) is 5.56 Å². The predicted octanol–water partition coefficient (Wildman–Crippen LogP) is -0.957. The number of nitrogens with zero attached hydrogens (tertiary/aromatic N) is 1. The van der Waals surface area contributed by atoms with E-state index in [2.05, 4.69) is 4.98 Å². The SMILES string of the molecule is Cc1cn([C@@H]2C[C@@]3(CCC[C@@H]3O)[C@@H](O)[C@H]2O)c(=O)[nH]c1=O. The van der Waals surface area contributed by atoms with Crippen LogP contribution in [-0.4, -0.2) is 43.2 Å². The minimum atomic E-state index is -1.14. The second-order valence-electron chi connectivity index (χ2n) is 6.33. The lowest BCUT2D eigenvalue weighted by atomic mass is 9.80. The molecule has 7 heteroatoms. The van der Waals surface area contributed by atoms with Gasteiger partial charge in [0.05, 0.1) is 18.2 Å². The van der Waals surface area contributed by atoms with Crippen LogP contribution in [-0.2, 0) is 0 Å². The van der Waals surface area contributed by atoms with Gasteiger partial charge in [0, 0.05) is 17.2 Å². The van der Waals surface area contributed by atoms with E-state index < -0.39 is 41.0 Å². The van der Waals surface area contributed by atoms with Crippen molar-refractivity contribution in [3.05, 3.63) is 32.6 Å². The lowest BCUT2D eigenvalue weighted by Gasteiger charge is -2.31. The minimum absolute atomic E-state index is 0.321. The fourth-order valence-electron chi connectivity index (χ4n) is 3.94. The molecule has 1 heterocycles. The average Bonchev–Trinajstić information content (AvgIpc) is 2.91. The number of H-pyrrole nitrogens is 1. The van der Waals surface area contributed by atoms with Crippen LogP contribution in [0.1, 0.15) is 37.3 Å². The van der Waals surface area contributed by atoms with Gasteiger partial charge in [-0.05, 0) is 26.2 Å². The molecule has 3 rings (SSSR count). The highest BCUT2D eigenvalue weighted by molar-refractivity contribution is 5.11. The Morgan fingerprint density at radius 3 is 2.67 bits per heavy atom. The summed E-state index contributed by atoms with van der Waals surface area (Å²) in [6.07, 6.45) is 0.851. The van der Waals surface area contributed by atoms with E-state index in [1.54, 1.807) is 6.92 Å². The summed E-state index contributed by atoms with van der Waals surface area (Å²) in [5.41, 5.74) is -1.45. The molecule has 2 saturated carbocycles. The third-order valence-electron chi connectivity index (χ3n) is 5.18. The van der Waals surface area contributed by atoms with Crippen LogP contribution in [0.25, 0.3) is 0 Å². The number of aryl methyl sites for hydroxylation is 1. The fraction of sp³-hybridized carbons (Fsp3) is 0.714. The number of aromatic amines is 1. The summed E-state index contributed by atoms with van der Waals surface area (Å²) in [6.45, 7) is 1.58. The van der Waals surface area contributed by atoms with E-state index in [0.29, 0.717) is 24.8 Å². The van der Waals surface area contributed by atoms with Crippen molar-refractivity contribution in [1.82, 2.24) is 9.55 Å². The van der Waals surface area contributed by atoms with E-state index in [9.17, 15) is 24.9 Å². The third kappa shape index (κ3) is 1.99. The smallest absolute Gasteiger partial charge is 0.328 e. The summed E-state index contributed by atoms with van der Waals surface area (Å²) in [5.74, 6) is 0. The Morgan fingerprint density at radius 2 is 2.05 bits per heavy atom. The van der Waals surface area contributed by atoms with Crippen LogP contribution in [0.5, 0.6) is 0 Å². The largest absolute Gasteiger partial charge is 0.392 e. The van der Waals surface area contributed by atoms with Crippen molar-refractivity contribution in [2.45, 2.75) is 57.0 Å². The number of hydrogen-bond acceptors (Lipinski definition) is 5. The molecule has 0 amide bonds. The maximum absolute atomic E-state index is 12.0. The Balaban J connectivity index is 2.03. The van der Waals surface area contributed by atoms with Crippen LogP contribution in [0.3, 0.4) is 0 Å². The molecule has 2 fully saturated rings. The Kier molecular flexibility index (Phi) is 3.31. The number of rotatable bonds is 1. The molecule has 4 N–H and O–H groups in total. The summed E-state index contributed by atoms with van der Waals surface area (Å²) < 4.78 is 1.27. The predicted molar refractivity (Wildman–Crippen MR) is 74.0 cm³/mol. The van der Waals surface area contributed by atoms with Crippen molar-refractivity contribution >= 4 is 0 Å². The molecule has 21 heavy (non-hydrogen) atoms. The standard InChI is InChI=1S/C14H20N2O5/c1-7-6-16(13(21)15-12(7)20)8-5-14(11(19)10(8)18)4-2-3-9(14)17/h6,8-11,17-19H,2-5H2,1H3,(H,15,20,21)/t8-,9+,10+,11+,14-/m1/s1. The van der Waals surface area contributed by atoms with Crippen LogP contribution in [0.4, 0.5) is 0 Å². The van der Waals surface area contributed by atoms with Crippen molar-refractivity contribution in [2.75, 3.05) is 0 Å². The van der Waals surface area contributed by atoms with Crippen LogP contribution in [0, 0.1) is 12.3 Å². The van der Waals surface area contributed by atoms with Gasteiger partial charge in [-0.2, -0.15) is 0 Å². The van der Waals surface area contributed by atoms with Gasteiger partial charge in [0.2, 0.25) is 0 Å². The molecule has 1 spiro atoms. The fourth-order valence-corrected chi connectivity index (χ4v) is 3.94. The average molecular weight is 296 g/mol. The van der Waals surface area contributed by atoms with Gasteiger partial charge in [0.1, 0.15) is 6.10 Å². The van der Waals surface area contributed by atoms with Crippen molar-refractivity contribution < 1.29 is 15.3 Å². The second kappa shape index (κ2) is 4.79. The monoisotopic (exact) mass is 296 g/mol. The first kappa shape index (κ1) is 14.5. The molecule has 116 valence electrons. The maximum Gasteiger partial charge on any atom is 0.328 e. The molecule has 0 saturated heterocycles. The summed E-state index contributed by atoms with van der Waals surface area (Å²) in [4.78, 5) is 25.6. The highest BCUT2D eigenvalue weighted by Gasteiger charge is 2.58. The third-order valence-corrected chi connectivity index (χ3v) is 5.18. The molecule has 0 unspecified atom stereocenters. The number of nitrogens with one attached hydrogen (secondary N) is 1. The van der Waals surface area contributed by atoms with Gasteiger partial charge in [-0.15, -0.1) is 0 Å². The molecule has 0 aromatic carbocycles. The summed E-state index contributed by atoms with van der Waals surface area (Å²) in [6, 6.07) is -0.643. The van der Waals surface area contributed by atoms with E-state index in [1.165, 1.54) is 10.8 Å². The number of aromatic nitrogens is 2. The van der Waals surface area contributed by atoms with Gasteiger partial charge in [-0.25, -0.2) is 4.79 Å². The molecular weight excluding hydrogens is 276 g/mol. The van der Waals surface area contributed by atoms with E-state index in [-0.39, 0.29) is 0 Å². The second-order valence-corrected chi connectivity index (χ2v) is 6.33. The topological polar surface area (TPSA) is 116 Å². The Hall–Kier alpha value is -1.44. The summed E-state index contributed by atoms with van der Waals surface area (Å²) >= 11 is 0. The van der Waals surface area contributed by atoms with Gasteiger partial charge < -0.3 is 15.3 Å². The first-order chi connectivity index (χ1) is 9.86. The zero-order chi connectivity index (χ0) is 15.4. The van der Waals surface area contributed by atoms with E-state index in [0.717, 1.165) is 6.42 Å². The number of hydrogen-bond donors (Lipinski definition) is 4. The molecule has 7 nitrogen and oxygen atoms in total. The molecule has 5 atom stereocenters. The maximum atomic E-state index is 12.0. The quantitative estimate of drug-likeness (QED) is 0.533. The molecule has 2 aliphatic rings. The molecule has 0 aliphatic heterocycles. The van der Waals surface area contributed by atoms with E-state index >= 15 is 0 Å². The molecule has 0 radical (unpaired) electrons. The Morgan fingerprint density at radius 1 is 1.33 bits per heavy atom. The van der Waals surface area contributed by atoms with Crippen molar-refractivity contribution in [2.24, 2.45) is 5.41 Å². The Labute approximate surface area is 120 Å².